The summed E-state index contributed by atoms with van der Waals surface area (Å²) in [7, 11) is 0. The average molecular weight is 416 g/mol. The lowest BCUT2D eigenvalue weighted by atomic mass is 10.2. The van der Waals surface area contributed by atoms with E-state index in [9.17, 15) is 4.39 Å². The number of aromatic nitrogens is 3. The summed E-state index contributed by atoms with van der Waals surface area (Å²) >= 11 is 3.26. The first-order valence-electron chi connectivity index (χ1n) is 8.34. The molecular weight excluding hydrogens is 397 g/mol. The number of hydrogen-bond donors (Lipinski definition) is 2. The van der Waals surface area contributed by atoms with Gasteiger partial charge in [0.2, 0.25) is 5.95 Å². The average Bonchev–Trinajstić information content (AvgIpc) is 2.64. The van der Waals surface area contributed by atoms with Gasteiger partial charge in [0.25, 0.3) is 0 Å². The lowest BCUT2D eigenvalue weighted by Crippen LogP contribution is -2.16. The Morgan fingerprint density at radius 3 is 2.65 bits per heavy atom. The summed E-state index contributed by atoms with van der Waals surface area (Å²) in [4.78, 5) is 13.4. The molecule has 7 heteroatoms. The van der Waals surface area contributed by atoms with Crippen molar-refractivity contribution in [2.45, 2.75) is 26.3 Å². The predicted octanol–water partition coefficient (Wildman–Crippen LogP) is 5.39. The van der Waals surface area contributed by atoms with E-state index in [1.807, 2.05) is 18.2 Å². The molecule has 0 fully saturated rings. The molecule has 2 aromatic heterocycles. The summed E-state index contributed by atoms with van der Waals surface area (Å²) < 4.78 is 14.8. The van der Waals surface area contributed by atoms with Gasteiger partial charge in [-0.15, -0.1) is 0 Å². The Kier molecular flexibility index (Phi) is 5.78. The van der Waals surface area contributed by atoms with Crippen LogP contribution in [0.15, 0.2) is 53.1 Å². The van der Waals surface area contributed by atoms with Crippen LogP contribution in [0.5, 0.6) is 0 Å². The fourth-order valence-electron chi connectivity index (χ4n) is 2.27. The van der Waals surface area contributed by atoms with Gasteiger partial charge < -0.3 is 10.6 Å². The molecule has 134 valence electrons. The Balaban J connectivity index is 1.98. The molecule has 3 rings (SSSR count). The van der Waals surface area contributed by atoms with E-state index in [1.165, 1.54) is 6.07 Å². The molecule has 3 aromatic rings. The second-order valence-electron chi connectivity index (χ2n) is 5.88. The molecule has 2 N–H and O–H groups in total. The lowest BCUT2D eigenvalue weighted by molar-refractivity contribution is 0.631. The zero-order valence-corrected chi connectivity index (χ0v) is 16.1. The van der Waals surface area contributed by atoms with Crippen molar-refractivity contribution in [3.05, 3.63) is 59.0 Å². The molecule has 5 nitrogen and oxygen atoms in total. The van der Waals surface area contributed by atoms with Gasteiger partial charge in [-0.05, 0) is 43.7 Å². The van der Waals surface area contributed by atoms with Crippen LogP contribution in [0.1, 0.15) is 20.3 Å². The van der Waals surface area contributed by atoms with Crippen molar-refractivity contribution in [3.63, 3.8) is 0 Å². The highest BCUT2D eigenvalue weighted by molar-refractivity contribution is 9.10. The van der Waals surface area contributed by atoms with Crippen LogP contribution in [0, 0.1) is 5.82 Å². The van der Waals surface area contributed by atoms with Gasteiger partial charge in [0, 0.05) is 22.8 Å². The van der Waals surface area contributed by atoms with Gasteiger partial charge in [0.1, 0.15) is 11.6 Å². The first kappa shape index (κ1) is 18.3. The maximum atomic E-state index is 14.2. The topological polar surface area (TPSA) is 62.7 Å². The zero-order chi connectivity index (χ0) is 18.5. The van der Waals surface area contributed by atoms with Crippen LogP contribution in [-0.4, -0.2) is 21.0 Å². The van der Waals surface area contributed by atoms with Crippen molar-refractivity contribution in [3.8, 4) is 11.4 Å². The van der Waals surface area contributed by atoms with Crippen molar-refractivity contribution in [1.29, 1.82) is 0 Å². The number of pyridine rings is 1. The maximum Gasteiger partial charge on any atom is 0.225 e. The number of anilines is 3. The molecule has 1 aromatic carbocycles. The molecule has 0 radical (unpaired) electrons. The molecule has 0 saturated heterocycles. The van der Waals surface area contributed by atoms with Crippen LogP contribution in [-0.2, 0) is 0 Å². The normalized spacial score (nSPS) is 11.8. The Morgan fingerprint density at radius 1 is 1.12 bits per heavy atom. The van der Waals surface area contributed by atoms with Crippen LogP contribution in [0.4, 0.5) is 21.8 Å². The van der Waals surface area contributed by atoms with E-state index in [1.54, 1.807) is 24.4 Å². The van der Waals surface area contributed by atoms with Crippen molar-refractivity contribution in [2.75, 3.05) is 10.6 Å². The molecule has 0 aliphatic rings. The summed E-state index contributed by atoms with van der Waals surface area (Å²) in [6.07, 6.45) is 2.64. The Labute approximate surface area is 160 Å². The second-order valence-corrected chi connectivity index (χ2v) is 6.80. The fraction of sp³-hybridized carbons (Fsp3) is 0.211. The highest BCUT2D eigenvalue weighted by atomic mass is 79.9. The third kappa shape index (κ3) is 4.54. The molecular formula is C19H19BrFN5. The molecule has 0 saturated carbocycles. The molecule has 26 heavy (non-hydrogen) atoms. The third-order valence-electron chi connectivity index (χ3n) is 3.84. The Bertz CT molecular complexity index is 888. The first-order chi connectivity index (χ1) is 12.5. The summed E-state index contributed by atoms with van der Waals surface area (Å²) in [6, 6.07) is 12.4. The number of nitrogens with one attached hydrogen (secondary N) is 2. The van der Waals surface area contributed by atoms with Gasteiger partial charge >= 0.3 is 0 Å². The molecule has 0 aliphatic carbocycles. The number of nitrogens with zero attached hydrogens (tertiary/aromatic N) is 3. The fourth-order valence-corrected chi connectivity index (χ4v) is 2.61. The summed E-state index contributed by atoms with van der Waals surface area (Å²) in [5, 5.41) is 6.29. The predicted molar refractivity (Wildman–Crippen MR) is 106 cm³/mol. The molecule has 0 aliphatic heterocycles. The van der Waals surface area contributed by atoms with Crippen molar-refractivity contribution in [2.24, 2.45) is 0 Å². The van der Waals surface area contributed by atoms with Crippen LogP contribution in [0.3, 0.4) is 0 Å². The minimum absolute atomic E-state index is 0.214. The van der Waals surface area contributed by atoms with Crippen molar-refractivity contribution >= 4 is 33.4 Å². The number of halogens is 2. The Morgan fingerprint density at radius 2 is 1.96 bits per heavy atom. The molecule has 1 atom stereocenters. The van der Waals surface area contributed by atoms with Gasteiger partial charge in [0.05, 0.1) is 17.1 Å². The standard InChI is InChI=1S/C19H19BrFN5/c1-3-12(2)23-19-25-17(16-6-4-5-9-22-16)11-18(26-19)24-15-8-7-13(20)10-14(15)21/h4-12H,3H2,1-2H3,(H2,23,24,25,26)/t12-/m0/s1. The van der Waals surface area contributed by atoms with Crippen LogP contribution in [0.25, 0.3) is 11.4 Å². The highest BCUT2D eigenvalue weighted by Crippen LogP contribution is 2.25. The molecule has 0 spiro atoms. The second kappa shape index (κ2) is 8.23. The summed E-state index contributed by atoms with van der Waals surface area (Å²) in [5.41, 5.74) is 1.72. The number of rotatable bonds is 6. The van der Waals surface area contributed by atoms with Gasteiger partial charge in [0.15, 0.2) is 0 Å². The number of hydrogen-bond acceptors (Lipinski definition) is 5. The van der Waals surface area contributed by atoms with E-state index in [0.717, 1.165) is 12.1 Å². The Hall–Kier alpha value is -2.54. The maximum absolute atomic E-state index is 14.2. The van der Waals surface area contributed by atoms with E-state index in [-0.39, 0.29) is 11.9 Å². The largest absolute Gasteiger partial charge is 0.352 e. The first-order valence-corrected chi connectivity index (χ1v) is 9.13. The molecule has 0 amide bonds. The van der Waals surface area contributed by atoms with Gasteiger partial charge in [-0.25, -0.2) is 9.37 Å². The minimum Gasteiger partial charge on any atom is -0.352 e. The lowest BCUT2D eigenvalue weighted by Gasteiger charge is -2.14. The zero-order valence-electron chi connectivity index (χ0n) is 14.5. The van der Waals surface area contributed by atoms with Crippen molar-refractivity contribution < 1.29 is 4.39 Å². The monoisotopic (exact) mass is 415 g/mol. The quantitative estimate of drug-likeness (QED) is 0.564. The van der Waals surface area contributed by atoms with Crippen LogP contribution in [0.2, 0.25) is 0 Å². The molecule has 0 unspecified atom stereocenters. The molecule has 0 bridgehead atoms. The van der Waals surface area contributed by atoms with E-state index < -0.39 is 0 Å². The van der Waals surface area contributed by atoms with Gasteiger partial charge in [-0.1, -0.05) is 28.9 Å². The van der Waals surface area contributed by atoms with Crippen molar-refractivity contribution in [1.82, 2.24) is 15.0 Å². The highest BCUT2D eigenvalue weighted by Gasteiger charge is 2.11. The SMILES string of the molecule is CC[C@H](C)Nc1nc(Nc2ccc(Br)cc2F)cc(-c2ccccn2)n1. The summed E-state index contributed by atoms with van der Waals surface area (Å²) in [6.45, 7) is 4.13. The van der Waals surface area contributed by atoms with E-state index in [4.69, 9.17) is 0 Å². The van der Waals surface area contributed by atoms with E-state index >= 15 is 0 Å². The summed E-state index contributed by atoms with van der Waals surface area (Å²) in [5.74, 6) is 0.601. The van der Waals surface area contributed by atoms with Crippen LogP contribution < -0.4 is 10.6 Å². The smallest absolute Gasteiger partial charge is 0.225 e. The third-order valence-corrected chi connectivity index (χ3v) is 4.33. The minimum atomic E-state index is -0.367. The van der Waals surface area contributed by atoms with Gasteiger partial charge in [-0.3, -0.25) is 4.98 Å². The van der Waals surface area contributed by atoms with Gasteiger partial charge in [-0.2, -0.15) is 4.98 Å². The molecule has 2 heterocycles. The number of benzene rings is 1. The van der Waals surface area contributed by atoms with E-state index in [2.05, 4.69) is 55.4 Å². The van der Waals surface area contributed by atoms with E-state index in [0.29, 0.717) is 27.6 Å². The van der Waals surface area contributed by atoms with Crippen LogP contribution >= 0.6 is 15.9 Å².